The molecule has 1 atom stereocenters. The molecule has 1 amide bonds. The summed E-state index contributed by atoms with van der Waals surface area (Å²) in [7, 11) is 3.26. The van der Waals surface area contributed by atoms with Crippen LogP contribution >= 0.6 is 11.3 Å². The maximum atomic E-state index is 12.3. The number of thiophene rings is 1. The summed E-state index contributed by atoms with van der Waals surface area (Å²) in [5.41, 5.74) is 2.28. The Bertz CT molecular complexity index is 1170. The standard InChI is InChI=1S/C20H22N6O2S/c1-4-7-15(19(27)21-2)23-20-22-14-9-6-5-8-12(14)18-24-17(25-26(18)20)13-10-29-11-16(13)28-3/h5-6,8-11,15H,4,7H2,1-3H3,(H,21,27)(H,22,23)/t15-/m1/s1. The molecular weight excluding hydrogens is 388 g/mol. The number of ether oxygens (including phenoxy) is 1. The van der Waals surface area contributed by atoms with Gasteiger partial charge in [-0.05, 0) is 18.6 Å². The number of para-hydroxylation sites is 1. The van der Waals surface area contributed by atoms with Gasteiger partial charge in [0.2, 0.25) is 11.9 Å². The van der Waals surface area contributed by atoms with E-state index >= 15 is 0 Å². The van der Waals surface area contributed by atoms with Crippen LogP contribution < -0.4 is 15.4 Å². The summed E-state index contributed by atoms with van der Waals surface area (Å²) in [6, 6.07) is 7.35. The third-order valence-corrected chi connectivity index (χ3v) is 5.43. The third-order valence-electron chi connectivity index (χ3n) is 4.71. The lowest BCUT2D eigenvalue weighted by molar-refractivity contribution is -0.121. The van der Waals surface area contributed by atoms with Crippen molar-refractivity contribution < 1.29 is 9.53 Å². The SMILES string of the molecule is CCC[C@@H](Nc1nc2ccccc2c2nc(-c3cscc3OC)nn12)C(=O)NC. The van der Waals surface area contributed by atoms with Gasteiger partial charge in [0.1, 0.15) is 11.8 Å². The Labute approximate surface area is 171 Å². The van der Waals surface area contributed by atoms with E-state index in [1.165, 1.54) is 11.3 Å². The number of amides is 1. The Balaban J connectivity index is 1.89. The molecule has 0 fully saturated rings. The minimum atomic E-state index is -0.412. The summed E-state index contributed by atoms with van der Waals surface area (Å²) in [5, 5.41) is 15.4. The van der Waals surface area contributed by atoms with Crippen molar-refractivity contribution in [2.45, 2.75) is 25.8 Å². The van der Waals surface area contributed by atoms with Crippen LogP contribution in [0.3, 0.4) is 0 Å². The van der Waals surface area contributed by atoms with Gasteiger partial charge in [0.25, 0.3) is 0 Å². The largest absolute Gasteiger partial charge is 0.495 e. The third kappa shape index (κ3) is 3.49. The van der Waals surface area contributed by atoms with Crippen molar-refractivity contribution >= 4 is 39.7 Å². The first-order valence-electron chi connectivity index (χ1n) is 9.40. The molecule has 2 N–H and O–H groups in total. The molecule has 8 nitrogen and oxygen atoms in total. The number of hydrogen-bond donors (Lipinski definition) is 2. The number of benzene rings is 1. The highest BCUT2D eigenvalue weighted by Gasteiger charge is 2.21. The zero-order chi connectivity index (χ0) is 20.4. The molecule has 0 aliphatic heterocycles. The summed E-state index contributed by atoms with van der Waals surface area (Å²) < 4.78 is 7.10. The second-order valence-corrected chi connectivity index (χ2v) is 7.32. The average Bonchev–Trinajstić information content (AvgIpc) is 3.39. The van der Waals surface area contributed by atoms with Crippen LogP contribution in [-0.4, -0.2) is 45.7 Å². The van der Waals surface area contributed by atoms with Gasteiger partial charge in [-0.1, -0.05) is 25.5 Å². The lowest BCUT2D eigenvalue weighted by Gasteiger charge is -2.17. The van der Waals surface area contributed by atoms with E-state index in [-0.39, 0.29) is 5.91 Å². The second kappa shape index (κ2) is 8.04. The second-order valence-electron chi connectivity index (χ2n) is 6.58. The molecule has 0 saturated carbocycles. The highest BCUT2D eigenvalue weighted by Crippen LogP contribution is 2.33. The quantitative estimate of drug-likeness (QED) is 0.485. The van der Waals surface area contributed by atoms with Crippen molar-refractivity contribution in [2.75, 3.05) is 19.5 Å². The predicted octanol–water partition coefficient (Wildman–Crippen LogP) is 3.34. The van der Waals surface area contributed by atoms with Crippen LogP contribution in [0.15, 0.2) is 35.0 Å². The summed E-state index contributed by atoms with van der Waals surface area (Å²) in [4.78, 5) is 21.8. The lowest BCUT2D eigenvalue weighted by Crippen LogP contribution is -2.38. The molecular formula is C20H22N6O2S. The van der Waals surface area contributed by atoms with E-state index in [0.717, 1.165) is 28.6 Å². The Morgan fingerprint density at radius 2 is 2.10 bits per heavy atom. The Morgan fingerprint density at radius 3 is 2.86 bits per heavy atom. The van der Waals surface area contributed by atoms with Gasteiger partial charge in [0.05, 0.1) is 18.2 Å². The molecule has 4 rings (SSSR count). The Morgan fingerprint density at radius 1 is 1.28 bits per heavy atom. The number of likely N-dealkylation sites (N-methyl/N-ethyl adjacent to an activating group) is 1. The normalized spacial score (nSPS) is 12.2. The van der Waals surface area contributed by atoms with Crippen LogP contribution in [0.4, 0.5) is 5.95 Å². The molecule has 0 aliphatic rings. The van der Waals surface area contributed by atoms with Crippen LogP contribution in [0.25, 0.3) is 27.9 Å². The number of rotatable bonds is 7. The van der Waals surface area contributed by atoms with Gasteiger partial charge in [-0.2, -0.15) is 4.52 Å². The molecule has 9 heteroatoms. The van der Waals surface area contributed by atoms with Crippen LogP contribution in [-0.2, 0) is 4.79 Å². The van der Waals surface area contributed by atoms with Crippen LogP contribution in [0.5, 0.6) is 5.75 Å². The molecule has 0 aliphatic carbocycles. The zero-order valence-corrected chi connectivity index (χ0v) is 17.3. The lowest BCUT2D eigenvalue weighted by atomic mass is 10.1. The summed E-state index contributed by atoms with van der Waals surface area (Å²) in [5.74, 6) is 1.67. The van der Waals surface area contributed by atoms with E-state index in [1.807, 2.05) is 41.9 Å². The fourth-order valence-corrected chi connectivity index (χ4v) is 4.03. The van der Waals surface area contributed by atoms with E-state index in [0.29, 0.717) is 23.8 Å². The molecule has 150 valence electrons. The van der Waals surface area contributed by atoms with Crippen molar-refractivity contribution in [1.82, 2.24) is 24.9 Å². The summed E-state index contributed by atoms with van der Waals surface area (Å²) in [6.45, 7) is 2.04. The number of anilines is 1. The number of nitrogens with one attached hydrogen (secondary N) is 2. The average molecular weight is 411 g/mol. The van der Waals surface area contributed by atoms with Crippen molar-refractivity contribution in [1.29, 1.82) is 0 Å². The minimum absolute atomic E-state index is 0.0881. The molecule has 0 bridgehead atoms. The van der Waals surface area contributed by atoms with Gasteiger partial charge in [0.15, 0.2) is 11.5 Å². The smallest absolute Gasteiger partial charge is 0.242 e. The fraction of sp³-hybridized carbons (Fsp3) is 0.300. The van der Waals surface area contributed by atoms with Gasteiger partial charge in [-0.25, -0.2) is 9.97 Å². The van der Waals surface area contributed by atoms with Gasteiger partial charge in [-0.15, -0.1) is 16.4 Å². The van der Waals surface area contributed by atoms with Gasteiger partial charge in [0, 0.05) is 23.2 Å². The number of aromatic nitrogens is 4. The van der Waals surface area contributed by atoms with Crippen molar-refractivity contribution in [2.24, 2.45) is 0 Å². The molecule has 0 unspecified atom stereocenters. The first kappa shape index (κ1) is 19.1. The van der Waals surface area contributed by atoms with E-state index in [2.05, 4.69) is 15.7 Å². The van der Waals surface area contributed by atoms with Gasteiger partial charge >= 0.3 is 0 Å². The summed E-state index contributed by atoms with van der Waals surface area (Å²) in [6.07, 6.45) is 1.53. The molecule has 29 heavy (non-hydrogen) atoms. The molecule has 0 radical (unpaired) electrons. The molecule has 0 saturated heterocycles. The Hall–Kier alpha value is -3.20. The van der Waals surface area contributed by atoms with Crippen LogP contribution in [0, 0.1) is 0 Å². The topological polar surface area (TPSA) is 93.4 Å². The number of carbonyl (C=O) groups excluding carboxylic acids is 1. The van der Waals surface area contributed by atoms with Crippen molar-refractivity contribution in [3.8, 4) is 17.1 Å². The molecule has 3 heterocycles. The molecule has 1 aromatic carbocycles. The predicted molar refractivity (Wildman–Crippen MR) is 115 cm³/mol. The zero-order valence-electron chi connectivity index (χ0n) is 16.5. The van der Waals surface area contributed by atoms with Crippen LogP contribution in [0.2, 0.25) is 0 Å². The molecule has 3 aromatic heterocycles. The number of fused-ring (bicyclic) bond motifs is 3. The highest BCUT2D eigenvalue weighted by atomic mass is 32.1. The maximum absolute atomic E-state index is 12.3. The summed E-state index contributed by atoms with van der Waals surface area (Å²) >= 11 is 1.53. The minimum Gasteiger partial charge on any atom is -0.495 e. The number of methoxy groups -OCH3 is 1. The number of carbonyl (C=O) groups is 1. The highest BCUT2D eigenvalue weighted by molar-refractivity contribution is 7.08. The first-order chi connectivity index (χ1) is 14.2. The van der Waals surface area contributed by atoms with E-state index in [1.54, 1.807) is 18.7 Å². The van der Waals surface area contributed by atoms with Gasteiger partial charge < -0.3 is 15.4 Å². The Kier molecular flexibility index (Phi) is 5.30. The van der Waals surface area contributed by atoms with Crippen LogP contribution in [0.1, 0.15) is 19.8 Å². The molecule has 0 spiro atoms. The fourth-order valence-electron chi connectivity index (χ4n) is 3.26. The number of nitrogens with zero attached hydrogens (tertiary/aromatic N) is 4. The number of hydrogen-bond acceptors (Lipinski definition) is 7. The van der Waals surface area contributed by atoms with E-state index in [4.69, 9.17) is 14.7 Å². The van der Waals surface area contributed by atoms with Crippen molar-refractivity contribution in [3.63, 3.8) is 0 Å². The monoisotopic (exact) mass is 410 g/mol. The van der Waals surface area contributed by atoms with Crippen molar-refractivity contribution in [3.05, 3.63) is 35.0 Å². The first-order valence-corrected chi connectivity index (χ1v) is 10.3. The molecule has 4 aromatic rings. The van der Waals surface area contributed by atoms with E-state index < -0.39 is 6.04 Å². The maximum Gasteiger partial charge on any atom is 0.242 e. The van der Waals surface area contributed by atoms with E-state index in [9.17, 15) is 4.79 Å². The van der Waals surface area contributed by atoms with Gasteiger partial charge in [-0.3, -0.25) is 4.79 Å².